The molecule has 0 aliphatic rings. The van der Waals surface area contributed by atoms with E-state index in [0.717, 1.165) is 51.4 Å². The summed E-state index contributed by atoms with van der Waals surface area (Å²) in [7, 11) is 5.93. The normalized spacial score (nSPS) is 13.0. The van der Waals surface area contributed by atoms with E-state index in [2.05, 4.69) is 62.5 Å². The Balaban J connectivity index is 4.16. The first-order chi connectivity index (χ1) is 37.6. The molecule has 0 rings (SSSR count). The maximum atomic E-state index is 12.9. The number of rotatable bonds is 61. The number of allylic oxidation sites excluding steroid dienone is 8. The van der Waals surface area contributed by atoms with Crippen molar-refractivity contribution >= 4 is 17.9 Å². The predicted molar refractivity (Wildman–Crippen MR) is 325 cm³/mol. The molecule has 0 aromatic heterocycles. The van der Waals surface area contributed by atoms with Gasteiger partial charge in [-0.1, -0.05) is 268 Å². The SMILES string of the molecule is CCCCCCC/C=C\C/C=C\C/C=C\CCCCCCCCCCCCCCC(=O)OC(COC(=O)CCCCCCCCCCCCCCC/C=C\CCCCCCCCCC)COC(OCC[N+](C)(C)C)C(=O)[O-]. The molecule has 2 atom stereocenters. The van der Waals surface area contributed by atoms with Crippen molar-refractivity contribution in [3.05, 3.63) is 48.6 Å². The minimum Gasteiger partial charge on any atom is -0.545 e. The van der Waals surface area contributed by atoms with Gasteiger partial charge in [0.05, 0.1) is 40.3 Å². The van der Waals surface area contributed by atoms with E-state index in [1.807, 2.05) is 21.1 Å². The molecule has 0 saturated heterocycles. The monoisotopic (exact) mass is 1080 g/mol. The van der Waals surface area contributed by atoms with Crippen LogP contribution in [0.1, 0.15) is 309 Å². The standard InChI is InChI=1S/C68H125NO8/c1-6-8-10-12-14-16-18-20-22-24-26-28-30-32-33-35-37-39-41-43-45-47-49-51-53-55-57-59-66(71)77-64(63-76-68(67(72)73)74-61-60-69(3,4)5)62-75-65(70)58-56-54-52-50-48-46-44-42-40-38-36-34-31-29-27-25-23-21-19-17-15-13-11-9-7-2/h18,20,24-27,30,32,64,68H,6-17,19,21-23,28-29,31,33-63H2,1-5H3/b20-18-,26-24-,27-25-,32-30-. The van der Waals surface area contributed by atoms with E-state index in [0.29, 0.717) is 23.9 Å². The van der Waals surface area contributed by atoms with Crippen LogP contribution in [0.4, 0.5) is 0 Å². The highest BCUT2D eigenvalue weighted by Gasteiger charge is 2.22. The number of quaternary nitrogens is 1. The van der Waals surface area contributed by atoms with Gasteiger partial charge >= 0.3 is 11.9 Å². The summed E-state index contributed by atoms with van der Waals surface area (Å²) >= 11 is 0. The van der Waals surface area contributed by atoms with E-state index in [-0.39, 0.29) is 32.2 Å². The molecule has 0 bridgehead atoms. The average Bonchev–Trinajstić information content (AvgIpc) is 3.40. The second kappa shape index (κ2) is 59.4. The Morgan fingerprint density at radius 1 is 0.390 bits per heavy atom. The third-order valence-corrected chi connectivity index (χ3v) is 14.5. The number of carboxylic acids is 1. The van der Waals surface area contributed by atoms with E-state index < -0.39 is 24.3 Å². The highest BCUT2D eigenvalue weighted by molar-refractivity contribution is 5.70. The quantitative estimate of drug-likeness (QED) is 0.0195. The zero-order valence-corrected chi connectivity index (χ0v) is 51.3. The van der Waals surface area contributed by atoms with Crippen molar-refractivity contribution in [3.8, 4) is 0 Å². The first kappa shape index (κ1) is 74.2. The van der Waals surface area contributed by atoms with Crippen LogP contribution in [0, 0.1) is 0 Å². The third kappa shape index (κ3) is 60.7. The van der Waals surface area contributed by atoms with Gasteiger partial charge in [-0.05, 0) is 77.0 Å². The molecule has 9 nitrogen and oxygen atoms in total. The number of esters is 2. The van der Waals surface area contributed by atoms with Gasteiger partial charge in [0, 0.05) is 12.8 Å². The molecule has 0 aliphatic heterocycles. The van der Waals surface area contributed by atoms with Crippen LogP contribution in [0.5, 0.6) is 0 Å². The maximum absolute atomic E-state index is 12.9. The molecule has 450 valence electrons. The lowest BCUT2D eigenvalue weighted by Gasteiger charge is -2.26. The number of unbranched alkanes of at least 4 members (excludes halogenated alkanes) is 38. The second-order valence-corrected chi connectivity index (χ2v) is 23.4. The molecule has 0 radical (unpaired) electrons. The van der Waals surface area contributed by atoms with E-state index in [4.69, 9.17) is 18.9 Å². The topological polar surface area (TPSA) is 111 Å². The van der Waals surface area contributed by atoms with Gasteiger partial charge in [-0.15, -0.1) is 0 Å². The Bertz CT molecular complexity index is 1400. The molecule has 0 aliphatic carbocycles. The molecule has 0 aromatic carbocycles. The fourth-order valence-electron chi connectivity index (χ4n) is 9.48. The van der Waals surface area contributed by atoms with Gasteiger partial charge in [-0.2, -0.15) is 0 Å². The molecule has 0 heterocycles. The van der Waals surface area contributed by atoms with E-state index in [1.165, 1.54) is 225 Å². The van der Waals surface area contributed by atoms with E-state index in [1.54, 1.807) is 0 Å². The largest absolute Gasteiger partial charge is 0.545 e. The molecule has 9 heteroatoms. The fraction of sp³-hybridized carbons (Fsp3) is 0.838. The zero-order valence-electron chi connectivity index (χ0n) is 51.3. The summed E-state index contributed by atoms with van der Waals surface area (Å²) in [4.78, 5) is 37.4. The van der Waals surface area contributed by atoms with Crippen molar-refractivity contribution in [3.63, 3.8) is 0 Å². The number of likely N-dealkylation sites (N-methyl/N-ethyl adjacent to an activating group) is 1. The summed E-state index contributed by atoms with van der Waals surface area (Å²) in [6.07, 6.45) is 71.7. The molecule has 0 fully saturated rings. The van der Waals surface area contributed by atoms with Crippen LogP contribution < -0.4 is 5.11 Å². The smallest absolute Gasteiger partial charge is 0.306 e. The number of carbonyl (C=O) groups excluding carboxylic acids is 3. The Hall–Kier alpha value is -2.75. The first-order valence-electron chi connectivity index (χ1n) is 32.8. The summed E-state index contributed by atoms with van der Waals surface area (Å²) in [6.45, 7) is 4.78. The molecule has 0 amide bonds. The van der Waals surface area contributed by atoms with Crippen molar-refractivity contribution in [1.82, 2.24) is 0 Å². The molecule has 2 unspecified atom stereocenters. The van der Waals surface area contributed by atoms with E-state index >= 15 is 0 Å². The lowest BCUT2D eigenvalue weighted by molar-refractivity contribution is -0.870. The number of hydrogen-bond donors (Lipinski definition) is 0. The lowest BCUT2D eigenvalue weighted by Crippen LogP contribution is -2.44. The summed E-state index contributed by atoms with van der Waals surface area (Å²) in [5.41, 5.74) is 0. The van der Waals surface area contributed by atoms with Crippen LogP contribution in [0.3, 0.4) is 0 Å². The Morgan fingerprint density at radius 2 is 0.701 bits per heavy atom. The molecular formula is C68H125NO8. The molecule has 0 saturated carbocycles. The van der Waals surface area contributed by atoms with Crippen molar-refractivity contribution < 1.29 is 42.9 Å². The molecule has 0 aromatic rings. The Labute approximate surface area is 476 Å². The molecule has 0 spiro atoms. The molecule has 0 N–H and O–H groups in total. The minimum atomic E-state index is -1.62. The number of aliphatic carboxylic acids is 1. The Kier molecular flexibility index (Phi) is 57.3. The maximum Gasteiger partial charge on any atom is 0.306 e. The zero-order chi connectivity index (χ0) is 56.2. The lowest BCUT2D eigenvalue weighted by atomic mass is 10.0. The minimum absolute atomic E-state index is 0.148. The predicted octanol–water partition coefficient (Wildman–Crippen LogP) is 18.5. The van der Waals surface area contributed by atoms with Crippen LogP contribution in [0.25, 0.3) is 0 Å². The number of nitrogens with zero attached hydrogens (tertiary/aromatic N) is 1. The highest BCUT2D eigenvalue weighted by Crippen LogP contribution is 2.17. The van der Waals surface area contributed by atoms with Gasteiger partial charge in [0.2, 0.25) is 0 Å². The average molecular weight is 1080 g/mol. The van der Waals surface area contributed by atoms with Gasteiger partial charge < -0.3 is 33.3 Å². The fourth-order valence-corrected chi connectivity index (χ4v) is 9.48. The summed E-state index contributed by atoms with van der Waals surface area (Å²) in [6, 6.07) is 0. The van der Waals surface area contributed by atoms with Crippen molar-refractivity contribution in [2.75, 3.05) is 47.5 Å². The highest BCUT2D eigenvalue weighted by atomic mass is 16.7. The summed E-state index contributed by atoms with van der Waals surface area (Å²) < 4.78 is 22.8. The molecular weight excluding hydrogens is 959 g/mol. The van der Waals surface area contributed by atoms with Crippen molar-refractivity contribution in [2.24, 2.45) is 0 Å². The van der Waals surface area contributed by atoms with Crippen LogP contribution in [0.15, 0.2) is 48.6 Å². The van der Waals surface area contributed by atoms with Gasteiger partial charge in [0.1, 0.15) is 13.2 Å². The van der Waals surface area contributed by atoms with Gasteiger partial charge in [0.25, 0.3) is 0 Å². The van der Waals surface area contributed by atoms with Gasteiger partial charge in [0.15, 0.2) is 12.4 Å². The number of carbonyl (C=O) groups is 3. The van der Waals surface area contributed by atoms with Crippen LogP contribution in [0.2, 0.25) is 0 Å². The van der Waals surface area contributed by atoms with Crippen LogP contribution in [-0.2, 0) is 33.3 Å². The number of ether oxygens (including phenoxy) is 4. The van der Waals surface area contributed by atoms with Gasteiger partial charge in [-0.3, -0.25) is 9.59 Å². The van der Waals surface area contributed by atoms with Crippen molar-refractivity contribution in [2.45, 2.75) is 322 Å². The van der Waals surface area contributed by atoms with E-state index in [9.17, 15) is 19.5 Å². The first-order valence-corrected chi connectivity index (χ1v) is 32.8. The number of carboxylic acid groups (broad SMARTS) is 1. The van der Waals surface area contributed by atoms with Crippen LogP contribution >= 0.6 is 0 Å². The second-order valence-electron chi connectivity index (χ2n) is 23.4. The Morgan fingerprint density at radius 3 is 1.05 bits per heavy atom. The molecule has 77 heavy (non-hydrogen) atoms. The summed E-state index contributed by atoms with van der Waals surface area (Å²) in [5, 5.41) is 11.8. The van der Waals surface area contributed by atoms with Crippen molar-refractivity contribution in [1.29, 1.82) is 0 Å². The number of hydrogen-bond acceptors (Lipinski definition) is 8. The third-order valence-electron chi connectivity index (χ3n) is 14.5. The van der Waals surface area contributed by atoms with Gasteiger partial charge in [-0.25, -0.2) is 0 Å². The summed E-state index contributed by atoms with van der Waals surface area (Å²) in [5.74, 6) is -2.27. The van der Waals surface area contributed by atoms with Crippen LogP contribution in [-0.4, -0.2) is 82.3 Å².